The van der Waals surface area contributed by atoms with Crippen molar-refractivity contribution in [2.45, 2.75) is 13.2 Å². The van der Waals surface area contributed by atoms with Crippen LogP contribution >= 0.6 is 11.6 Å². The van der Waals surface area contributed by atoms with E-state index in [9.17, 15) is 4.79 Å². The van der Waals surface area contributed by atoms with E-state index in [-0.39, 0.29) is 17.4 Å². The normalized spacial score (nSPS) is 15.7. The smallest absolute Gasteiger partial charge is 0.389 e. The highest BCUT2D eigenvalue weighted by atomic mass is 35.5. The van der Waals surface area contributed by atoms with Gasteiger partial charge in [-0.05, 0) is 6.92 Å². The van der Waals surface area contributed by atoms with Gasteiger partial charge in [0.15, 0.2) is 17.1 Å². The zero-order valence-electron chi connectivity index (χ0n) is 12.6. The third kappa shape index (κ3) is 2.27. The summed E-state index contributed by atoms with van der Waals surface area (Å²) in [6.07, 6.45) is -1.17. The van der Waals surface area contributed by atoms with E-state index in [2.05, 4.69) is 5.16 Å². The molecule has 1 atom stereocenters. The average molecular weight is 346 g/mol. The van der Waals surface area contributed by atoms with Crippen LogP contribution in [-0.4, -0.2) is 24.0 Å². The van der Waals surface area contributed by atoms with Crippen molar-refractivity contribution in [3.63, 3.8) is 0 Å². The Labute approximate surface area is 141 Å². The van der Waals surface area contributed by atoms with E-state index in [1.165, 1.54) is 0 Å². The maximum Gasteiger partial charge on any atom is 0.389 e. The molecule has 1 aliphatic heterocycles. The fraction of sp³-hybridized carbons (Fsp3) is 0.176. The summed E-state index contributed by atoms with van der Waals surface area (Å²) in [4.78, 5) is 11.8. The Morgan fingerprint density at radius 1 is 1.29 bits per heavy atom. The van der Waals surface area contributed by atoms with Crippen LogP contribution in [0.3, 0.4) is 0 Å². The minimum Gasteiger partial charge on any atom is -0.460 e. The molecule has 0 aliphatic carbocycles. The van der Waals surface area contributed by atoms with Crippen molar-refractivity contribution in [3.05, 3.63) is 41.4 Å². The number of rotatable bonds is 3. The van der Waals surface area contributed by atoms with Crippen LogP contribution < -0.4 is 9.47 Å². The second-order valence-electron chi connectivity index (χ2n) is 5.11. The molecule has 1 aromatic heterocycles. The van der Waals surface area contributed by atoms with Crippen molar-refractivity contribution in [2.24, 2.45) is 0 Å². The van der Waals surface area contributed by atoms with Crippen molar-refractivity contribution in [1.82, 2.24) is 5.16 Å². The summed E-state index contributed by atoms with van der Waals surface area (Å²) in [6, 6.07) is 11.1. The second kappa shape index (κ2) is 5.72. The minimum absolute atomic E-state index is 0.233. The molecule has 0 saturated carbocycles. The van der Waals surface area contributed by atoms with E-state index in [0.717, 1.165) is 5.56 Å². The maximum atomic E-state index is 11.8. The highest BCUT2D eigenvalue weighted by Gasteiger charge is 2.36. The van der Waals surface area contributed by atoms with Gasteiger partial charge in [-0.25, -0.2) is 4.79 Å². The fourth-order valence-electron chi connectivity index (χ4n) is 2.56. The van der Waals surface area contributed by atoms with Gasteiger partial charge in [0, 0.05) is 11.6 Å². The Hall–Kier alpha value is -2.73. The van der Waals surface area contributed by atoms with Gasteiger partial charge in [0.1, 0.15) is 10.7 Å². The topological polar surface area (TPSA) is 70.8 Å². The van der Waals surface area contributed by atoms with Gasteiger partial charge in [0.25, 0.3) is 0 Å². The first-order valence-corrected chi connectivity index (χ1v) is 7.74. The molecule has 1 aliphatic rings. The number of nitrogens with zero attached hydrogens (tertiary/aromatic N) is 1. The largest absolute Gasteiger partial charge is 0.460 e. The molecule has 2 heterocycles. The molecule has 3 aromatic rings. The van der Waals surface area contributed by atoms with Gasteiger partial charge >= 0.3 is 12.3 Å². The van der Waals surface area contributed by atoms with Crippen molar-refractivity contribution in [2.75, 3.05) is 6.61 Å². The lowest BCUT2D eigenvalue weighted by atomic mass is 10.1. The number of carbonyl (C=O) groups is 1. The van der Waals surface area contributed by atoms with Gasteiger partial charge in [0.2, 0.25) is 0 Å². The quantitative estimate of drug-likeness (QED) is 0.672. The summed E-state index contributed by atoms with van der Waals surface area (Å²) >= 11 is 6.47. The van der Waals surface area contributed by atoms with Crippen molar-refractivity contribution < 1.29 is 23.5 Å². The first-order valence-electron chi connectivity index (χ1n) is 7.36. The molecule has 6 nitrogen and oxygen atoms in total. The Balaban J connectivity index is 1.80. The SMILES string of the molecule is CCOC(=O)C1Oc2cc3onc(-c4ccccc4)c3c(Cl)c2O1. The van der Waals surface area contributed by atoms with Gasteiger partial charge < -0.3 is 18.7 Å². The standard InChI is InChI=1S/C17H12ClNO5/c1-2-21-16(20)17-22-11-8-10-12(13(18)15(11)23-17)14(19-24-10)9-6-4-3-5-7-9/h3-8,17H,2H2,1H3. The third-order valence-electron chi connectivity index (χ3n) is 3.61. The predicted molar refractivity (Wildman–Crippen MR) is 86.1 cm³/mol. The Kier molecular flexibility index (Phi) is 3.54. The molecule has 2 aromatic carbocycles. The van der Waals surface area contributed by atoms with Gasteiger partial charge in [0.05, 0.1) is 12.0 Å². The molecule has 7 heteroatoms. The Bertz CT molecular complexity index is 922. The van der Waals surface area contributed by atoms with E-state index in [1.54, 1.807) is 13.0 Å². The molecule has 24 heavy (non-hydrogen) atoms. The molecular formula is C17H12ClNO5. The first-order chi connectivity index (χ1) is 11.7. The summed E-state index contributed by atoms with van der Waals surface area (Å²) in [6.45, 7) is 1.94. The van der Waals surface area contributed by atoms with Crippen LogP contribution in [-0.2, 0) is 9.53 Å². The van der Waals surface area contributed by atoms with Crippen molar-refractivity contribution >= 4 is 28.5 Å². The van der Waals surface area contributed by atoms with Crippen LogP contribution in [0.25, 0.3) is 22.2 Å². The van der Waals surface area contributed by atoms with Crippen LogP contribution in [0.15, 0.2) is 40.9 Å². The number of esters is 1. The number of aromatic nitrogens is 1. The number of ether oxygens (including phenoxy) is 3. The predicted octanol–water partition coefficient (Wildman–Crippen LogP) is 3.81. The highest BCUT2D eigenvalue weighted by molar-refractivity contribution is 6.38. The average Bonchev–Trinajstić information content (AvgIpc) is 3.21. The zero-order valence-corrected chi connectivity index (χ0v) is 13.4. The Morgan fingerprint density at radius 2 is 2.08 bits per heavy atom. The number of halogens is 1. The molecule has 4 rings (SSSR count). The van der Waals surface area contributed by atoms with Gasteiger partial charge in [-0.3, -0.25) is 0 Å². The Morgan fingerprint density at radius 3 is 2.83 bits per heavy atom. The molecule has 122 valence electrons. The van der Waals surface area contributed by atoms with Gasteiger partial charge in [-0.1, -0.05) is 47.1 Å². The number of fused-ring (bicyclic) bond motifs is 2. The van der Waals surface area contributed by atoms with Crippen LogP contribution in [0.1, 0.15) is 6.92 Å². The maximum absolute atomic E-state index is 11.8. The van der Waals surface area contributed by atoms with Crippen LogP contribution in [0, 0.1) is 0 Å². The lowest BCUT2D eigenvalue weighted by molar-refractivity contribution is -0.161. The summed E-state index contributed by atoms with van der Waals surface area (Å²) in [5, 5.41) is 4.98. The zero-order chi connectivity index (χ0) is 16.7. The van der Waals surface area contributed by atoms with Crippen LogP contribution in [0.2, 0.25) is 5.02 Å². The molecule has 0 N–H and O–H groups in total. The van der Waals surface area contributed by atoms with E-state index in [1.807, 2.05) is 30.3 Å². The highest BCUT2D eigenvalue weighted by Crippen LogP contribution is 2.48. The number of hydrogen-bond acceptors (Lipinski definition) is 6. The number of carbonyl (C=O) groups excluding carboxylic acids is 1. The summed E-state index contributed by atoms with van der Waals surface area (Å²) in [5.41, 5.74) is 1.91. The summed E-state index contributed by atoms with van der Waals surface area (Å²) in [7, 11) is 0. The van der Waals surface area contributed by atoms with E-state index < -0.39 is 12.3 Å². The third-order valence-corrected chi connectivity index (χ3v) is 3.97. The number of hydrogen-bond donors (Lipinski definition) is 0. The molecule has 0 saturated heterocycles. The molecule has 0 radical (unpaired) electrons. The van der Waals surface area contributed by atoms with Crippen LogP contribution in [0.5, 0.6) is 11.5 Å². The van der Waals surface area contributed by atoms with Gasteiger partial charge in [-0.15, -0.1) is 0 Å². The van der Waals surface area contributed by atoms with Crippen LogP contribution in [0.4, 0.5) is 0 Å². The van der Waals surface area contributed by atoms with Crippen molar-refractivity contribution in [1.29, 1.82) is 0 Å². The fourth-order valence-corrected chi connectivity index (χ4v) is 2.88. The number of benzene rings is 2. The molecule has 0 fully saturated rings. The molecule has 0 amide bonds. The van der Waals surface area contributed by atoms with Gasteiger partial charge in [-0.2, -0.15) is 0 Å². The molecule has 0 spiro atoms. The van der Waals surface area contributed by atoms with E-state index in [0.29, 0.717) is 22.4 Å². The second-order valence-corrected chi connectivity index (χ2v) is 5.49. The minimum atomic E-state index is -1.17. The van der Waals surface area contributed by atoms with E-state index in [4.69, 9.17) is 30.3 Å². The van der Waals surface area contributed by atoms with Crippen molar-refractivity contribution in [3.8, 4) is 22.8 Å². The summed E-state index contributed by atoms with van der Waals surface area (Å²) in [5.74, 6) is -0.00768. The summed E-state index contributed by atoms with van der Waals surface area (Å²) < 4.78 is 21.2. The lowest BCUT2D eigenvalue weighted by Crippen LogP contribution is -2.30. The monoisotopic (exact) mass is 345 g/mol. The lowest BCUT2D eigenvalue weighted by Gasteiger charge is -2.08. The van der Waals surface area contributed by atoms with E-state index >= 15 is 0 Å². The molecule has 0 bridgehead atoms. The molecule has 1 unspecified atom stereocenters. The first kappa shape index (κ1) is 14.8. The molecular weight excluding hydrogens is 334 g/mol.